The highest BCUT2D eigenvalue weighted by Crippen LogP contribution is 2.28. The number of nitrogens with zero attached hydrogens (tertiary/aromatic N) is 1. The van der Waals surface area contributed by atoms with Gasteiger partial charge in [-0.15, -0.1) is 24.0 Å². The lowest BCUT2D eigenvalue weighted by Crippen LogP contribution is -2.39. The summed E-state index contributed by atoms with van der Waals surface area (Å²) in [5.41, 5.74) is 1.10. The predicted octanol–water partition coefficient (Wildman–Crippen LogP) is 2.58. The molecule has 0 radical (unpaired) electrons. The third-order valence-electron chi connectivity index (χ3n) is 3.43. The van der Waals surface area contributed by atoms with E-state index < -0.39 is 0 Å². The molecule has 0 unspecified atom stereocenters. The van der Waals surface area contributed by atoms with Gasteiger partial charge in [0.05, 0.1) is 6.61 Å². The molecule has 1 aliphatic carbocycles. The lowest BCUT2D eigenvalue weighted by molar-refractivity contribution is 0.129. The first kappa shape index (κ1) is 19.2. The van der Waals surface area contributed by atoms with Gasteiger partial charge in [0.25, 0.3) is 0 Å². The van der Waals surface area contributed by atoms with Gasteiger partial charge in [0, 0.05) is 26.7 Å². The van der Waals surface area contributed by atoms with Crippen molar-refractivity contribution >= 4 is 29.9 Å². The fourth-order valence-corrected chi connectivity index (χ4v) is 1.97. The Morgan fingerprint density at radius 2 is 1.91 bits per heavy atom. The number of hydrogen-bond donors (Lipinski definition) is 2. The van der Waals surface area contributed by atoms with Crippen molar-refractivity contribution in [3.63, 3.8) is 0 Å². The van der Waals surface area contributed by atoms with E-state index in [1.165, 1.54) is 25.0 Å². The molecule has 2 N–H and O–H groups in total. The zero-order chi connectivity index (χ0) is 14.9. The Hall–Kier alpha value is -0.890. The average molecular weight is 421 g/mol. The van der Waals surface area contributed by atoms with Crippen molar-refractivity contribution in [3.05, 3.63) is 35.6 Å². The summed E-state index contributed by atoms with van der Waals surface area (Å²) >= 11 is 0. The zero-order valence-electron chi connectivity index (χ0n) is 13.0. The van der Waals surface area contributed by atoms with Crippen molar-refractivity contribution in [2.75, 3.05) is 33.4 Å². The summed E-state index contributed by atoms with van der Waals surface area (Å²) in [6.07, 6.45) is 3.47. The van der Waals surface area contributed by atoms with Crippen molar-refractivity contribution in [2.45, 2.75) is 19.3 Å². The molecule has 0 heterocycles. The van der Waals surface area contributed by atoms with Gasteiger partial charge in [-0.05, 0) is 42.9 Å². The molecule has 0 spiro atoms. The molecule has 0 amide bonds. The lowest BCUT2D eigenvalue weighted by Gasteiger charge is -2.12. The SMILES string of the molecule is CN=C(NCCOCC1CC1)NCCc1ccc(F)cc1.I. The number of guanidine groups is 1. The Kier molecular flexibility index (Phi) is 9.38. The van der Waals surface area contributed by atoms with Crippen LogP contribution in [0.15, 0.2) is 29.3 Å². The van der Waals surface area contributed by atoms with Crippen LogP contribution in [0.25, 0.3) is 0 Å². The third kappa shape index (κ3) is 7.93. The van der Waals surface area contributed by atoms with Crippen molar-refractivity contribution < 1.29 is 9.13 Å². The smallest absolute Gasteiger partial charge is 0.191 e. The molecule has 1 aromatic carbocycles. The first-order valence-electron chi connectivity index (χ1n) is 7.54. The van der Waals surface area contributed by atoms with E-state index in [-0.39, 0.29) is 29.8 Å². The predicted molar refractivity (Wildman–Crippen MR) is 98.4 cm³/mol. The van der Waals surface area contributed by atoms with Crippen molar-refractivity contribution in [1.82, 2.24) is 10.6 Å². The summed E-state index contributed by atoms with van der Waals surface area (Å²) < 4.78 is 18.3. The van der Waals surface area contributed by atoms with E-state index >= 15 is 0 Å². The summed E-state index contributed by atoms with van der Waals surface area (Å²) in [6, 6.07) is 6.58. The van der Waals surface area contributed by atoms with Crippen LogP contribution in [-0.4, -0.2) is 39.3 Å². The summed E-state index contributed by atoms with van der Waals surface area (Å²) in [5, 5.41) is 6.45. The molecule has 1 aromatic rings. The van der Waals surface area contributed by atoms with Gasteiger partial charge in [0.1, 0.15) is 5.82 Å². The quantitative estimate of drug-likeness (QED) is 0.294. The molecule has 124 valence electrons. The van der Waals surface area contributed by atoms with Crippen LogP contribution in [-0.2, 0) is 11.2 Å². The highest BCUT2D eigenvalue weighted by atomic mass is 127. The summed E-state index contributed by atoms with van der Waals surface area (Å²) in [6.45, 7) is 3.10. The molecule has 4 nitrogen and oxygen atoms in total. The Balaban J connectivity index is 0.00000242. The Morgan fingerprint density at radius 1 is 1.23 bits per heavy atom. The number of rotatable bonds is 8. The van der Waals surface area contributed by atoms with Crippen molar-refractivity contribution in [2.24, 2.45) is 10.9 Å². The van der Waals surface area contributed by atoms with Crippen LogP contribution in [0, 0.1) is 11.7 Å². The second-order valence-electron chi connectivity index (χ2n) is 5.32. The maximum Gasteiger partial charge on any atom is 0.191 e. The van der Waals surface area contributed by atoms with Crippen LogP contribution in [0.2, 0.25) is 0 Å². The molecule has 1 saturated carbocycles. The molecule has 1 fully saturated rings. The molecular weight excluding hydrogens is 396 g/mol. The van der Waals surface area contributed by atoms with Crippen LogP contribution in [0.1, 0.15) is 18.4 Å². The van der Waals surface area contributed by atoms with Crippen LogP contribution in [0.4, 0.5) is 4.39 Å². The summed E-state index contributed by atoms with van der Waals surface area (Å²) in [4.78, 5) is 4.16. The van der Waals surface area contributed by atoms with E-state index in [0.717, 1.165) is 43.6 Å². The monoisotopic (exact) mass is 421 g/mol. The van der Waals surface area contributed by atoms with Gasteiger partial charge in [-0.1, -0.05) is 12.1 Å². The minimum absolute atomic E-state index is 0. The van der Waals surface area contributed by atoms with Gasteiger partial charge in [-0.3, -0.25) is 4.99 Å². The molecule has 1 aliphatic rings. The first-order valence-corrected chi connectivity index (χ1v) is 7.54. The van der Waals surface area contributed by atoms with E-state index in [1.807, 2.05) is 0 Å². The largest absolute Gasteiger partial charge is 0.379 e. The van der Waals surface area contributed by atoms with E-state index in [0.29, 0.717) is 6.61 Å². The Morgan fingerprint density at radius 3 is 2.55 bits per heavy atom. The molecule has 6 heteroatoms. The van der Waals surface area contributed by atoms with E-state index in [4.69, 9.17) is 4.74 Å². The maximum absolute atomic E-state index is 12.8. The standard InChI is InChI=1S/C16H24FN3O.HI/c1-18-16(20-10-11-21-12-14-2-3-14)19-9-8-13-4-6-15(17)7-5-13;/h4-7,14H,2-3,8-12H2,1H3,(H2,18,19,20);1H. The van der Waals surface area contributed by atoms with Crippen molar-refractivity contribution in [1.29, 1.82) is 0 Å². The van der Waals surface area contributed by atoms with Gasteiger partial charge in [0.2, 0.25) is 0 Å². The number of halogens is 2. The summed E-state index contributed by atoms with van der Waals surface area (Å²) in [5.74, 6) is 1.38. The molecule has 0 atom stereocenters. The molecule has 0 bridgehead atoms. The third-order valence-corrected chi connectivity index (χ3v) is 3.43. The highest BCUT2D eigenvalue weighted by molar-refractivity contribution is 14.0. The van der Waals surface area contributed by atoms with Gasteiger partial charge in [0.15, 0.2) is 5.96 Å². The van der Waals surface area contributed by atoms with Crippen LogP contribution < -0.4 is 10.6 Å². The van der Waals surface area contributed by atoms with E-state index in [9.17, 15) is 4.39 Å². The van der Waals surface area contributed by atoms with Gasteiger partial charge in [-0.25, -0.2) is 4.39 Å². The highest BCUT2D eigenvalue weighted by Gasteiger charge is 2.20. The van der Waals surface area contributed by atoms with E-state index in [1.54, 1.807) is 19.2 Å². The van der Waals surface area contributed by atoms with Gasteiger partial charge in [-0.2, -0.15) is 0 Å². The van der Waals surface area contributed by atoms with Crippen LogP contribution >= 0.6 is 24.0 Å². The molecular formula is C16H25FIN3O. The summed E-state index contributed by atoms with van der Waals surface area (Å²) in [7, 11) is 1.75. The van der Waals surface area contributed by atoms with Gasteiger partial charge < -0.3 is 15.4 Å². The number of nitrogens with one attached hydrogen (secondary N) is 2. The van der Waals surface area contributed by atoms with Crippen LogP contribution in [0.5, 0.6) is 0 Å². The second-order valence-corrected chi connectivity index (χ2v) is 5.32. The minimum atomic E-state index is -0.199. The fourth-order valence-electron chi connectivity index (χ4n) is 1.97. The second kappa shape index (κ2) is 10.8. The Bertz CT molecular complexity index is 449. The molecule has 0 aliphatic heterocycles. The van der Waals surface area contributed by atoms with E-state index in [2.05, 4.69) is 15.6 Å². The fraction of sp³-hybridized carbons (Fsp3) is 0.562. The topological polar surface area (TPSA) is 45.7 Å². The number of ether oxygens (including phenoxy) is 1. The molecule has 0 saturated heterocycles. The minimum Gasteiger partial charge on any atom is -0.379 e. The first-order chi connectivity index (χ1) is 10.3. The molecule has 2 rings (SSSR count). The lowest BCUT2D eigenvalue weighted by atomic mass is 10.1. The normalized spacial score (nSPS) is 14.4. The average Bonchev–Trinajstić information content (AvgIpc) is 3.31. The van der Waals surface area contributed by atoms with Crippen LogP contribution in [0.3, 0.4) is 0 Å². The van der Waals surface area contributed by atoms with Crippen molar-refractivity contribution in [3.8, 4) is 0 Å². The molecule has 0 aromatic heterocycles. The Labute approximate surface area is 148 Å². The number of benzene rings is 1. The number of hydrogen-bond acceptors (Lipinski definition) is 2. The zero-order valence-corrected chi connectivity index (χ0v) is 15.3. The maximum atomic E-state index is 12.8. The van der Waals surface area contributed by atoms with Gasteiger partial charge >= 0.3 is 0 Å². The molecule has 22 heavy (non-hydrogen) atoms. The number of aliphatic imine (C=N–C) groups is 1.